The average molecular weight is 306 g/mol. The summed E-state index contributed by atoms with van der Waals surface area (Å²) < 4.78 is 10.6. The van der Waals surface area contributed by atoms with Gasteiger partial charge in [-0.2, -0.15) is 0 Å². The molecule has 0 unspecified atom stereocenters. The van der Waals surface area contributed by atoms with Gasteiger partial charge in [-0.25, -0.2) is 0 Å². The Hall–Kier alpha value is -2.20. The van der Waals surface area contributed by atoms with Gasteiger partial charge in [-0.3, -0.25) is 4.79 Å². The molecular weight excluding hydrogens is 290 g/mol. The van der Waals surface area contributed by atoms with Crippen LogP contribution in [0.1, 0.15) is 15.9 Å². The smallest absolute Gasteiger partial charge is 0.251 e. The number of rotatable bonds is 5. The third-order valence-corrected chi connectivity index (χ3v) is 3.31. The zero-order valence-corrected chi connectivity index (χ0v) is 12.6. The van der Waals surface area contributed by atoms with Crippen molar-refractivity contribution in [3.05, 3.63) is 58.6 Å². The second-order valence-electron chi connectivity index (χ2n) is 4.33. The molecule has 0 atom stereocenters. The number of methoxy groups -OCH3 is 2. The monoisotopic (exact) mass is 305 g/mol. The van der Waals surface area contributed by atoms with E-state index in [2.05, 4.69) is 5.32 Å². The van der Waals surface area contributed by atoms with E-state index in [4.69, 9.17) is 21.1 Å². The highest BCUT2D eigenvalue weighted by molar-refractivity contribution is 6.30. The molecule has 0 heterocycles. The molecule has 21 heavy (non-hydrogen) atoms. The Bertz CT molecular complexity index is 604. The molecule has 1 amide bonds. The highest BCUT2D eigenvalue weighted by Gasteiger charge is 2.12. The zero-order valence-electron chi connectivity index (χ0n) is 11.9. The summed E-state index contributed by atoms with van der Waals surface area (Å²) in [4.78, 5) is 12.1. The Labute approximate surface area is 128 Å². The summed E-state index contributed by atoms with van der Waals surface area (Å²) in [6.45, 7) is 0.314. The number of nitrogens with one attached hydrogen (secondary N) is 1. The van der Waals surface area contributed by atoms with Crippen LogP contribution in [0, 0.1) is 0 Å². The molecule has 0 aliphatic rings. The predicted octanol–water partition coefficient (Wildman–Crippen LogP) is 3.29. The number of halogens is 1. The summed E-state index contributed by atoms with van der Waals surface area (Å²) in [7, 11) is 3.17. The largest absolute Gasteiger partial charge is 0.496 e. The van der Waals surface area contributed by atoms with E-state index in [1.54, 1.807) is 38.5 Å². The van der Waals surface area contributed by atoms with Crippen molar-refractivity contribution in [1.29, 1.82) is 0 Å². The van der Waals surface area contributed by atoms with Gasteiger partial charge in [0.25, 0.3) is 5.91 Å². The van der Waals surface area contributed by atoms with Crippen LogP contribution in [0.25, 0.3) is 0 Å². The summed E-state index contributed by atoms with van der Waals surface area (Å²) in [5, 5.41) is 3.44. The van der Waals surface area contributed by atoms with E-state index in [0.717, 1.165) is 5.56 Å². The average Bonchev–Trinajstić information content (AvgIpc) is 2.52. The van der Waals surface area contributed by atoms with Crippen LogP contribution in [0.15, 0.2) is 42.5 Å². The maximum absolute atomic E-state index is 12.1. The molecule has 0 aromatic heterocycles. The van der Waals surface area contributed by atoms with Gasteiger partial charge in [0.2, 0.25) is 0 Å². The highest BCUT2D eigenvalue weighted by atomic mass is 35.5. The minimum Gasteiger partial charge on any atom is -0.496 e. The molecule has 0 saturated carbocycles. The molecule has 0 saturated heterocycles. The minimum atomic E-state index is -0.181. The number of carbonyl (C=O) groups is 1. The van der Waals surface area contributed by atoms with E-state index in [1.165, 1.54) is 0 Å². The number of hydrogen-bond donors (Lipinski definition) is 1. The van der Waals surface area contributed by atoms with E-state index in [1.807, 2.05) is 18.2 Å². The van der Waals surface area contributed by atoms with Crippen LogP contribution in [-0.4, -0.2) is 20.1 Å². The first kappa shape index (κ1) is 15.2. The van der Waals surface area contributed by atoms with Crippen LogP contribution in [-0.2, 0) is 6.54 Å². The molecular formula is C16H16ClNO3. The second-order valence-corrected chi connectivity index (χ2v) is 4.77. The Morgan fingerprint density at radius 1 is 1.05 bits per heavy atom. The van der Waals surface area contributed by atoms with E-state index in [-0.39, 0.29) is 5.91 Å². The number of benzene rings is 2. The lowest BCUT2D eigenvalue weighted by molar-refractivity contribution is 0.0950. The third kappa shape index (κ3) is 3.67. The van der Waals surface area contributed by atoms with Crippen molar-refractivity contribution in [2.24, 2.45) is 0 Å². The molecule has 1 N–H and O–H groups in total. The van der Waals surface area contributed by atoms with Gasteiger partial charge in [-0.05, 0) is 36.4 Å². The summed E-state index contributed by atoms with van der Waals surface area (Å²) in [6.07, 6.45) is 0. The topological polar surface area (TPSA) is 47.6 Å². The Morgan fingerprint density at radius 3 is 2.14 bits per heavy atom. The van der Waals surface area contributed by atoms with Crippen molar-refractivity contribution in [2.45, 2.75) is 6.54 Å². The molecule has 0 aliphatic heterocycles. The van der Waals surface area contributed by atoms with E-state index in [9.17, 15) is 4.79 Å². The van der Waals surface area contributed by atoms with Crippen LogP contribution in [0.3, 0.4) is 0 Å². The maximum atomic E-state index is 12.1. The van der Waals surface area contributed by atoms with E-state index >= 15 is 0 Å². The normalized spacial score (nSPS) is 10.0. The standard InChI is InChI=1S/C16H16ClNO3/c1-20-14-4-3-5-15(21-2)13(14)10-18-16(19)11-6-8-12(17)9-7-11/h3-9H,10H2,1-2H3,(H,18,19). The Morgan fingerprint density at radius 2 is 1.62 bits per heavy atom. The molecule has 0 aliphatic carbocycles. The van der Waals surface area contributed by atoms with Crippen molar-refractivity contribution >= 4 is 17.5 Å². The maximum Gasteiger partial charge on any atom is 0.251 e. The number of amides is 1. The quantitative estimate of drug-likeness (QED) is 0.922. The number of hydrogen-bond acceptors (Lipinski definition) is 3. The molecule has 2 aromatic rings. The van der Waals surface area contributed by atoms with Crippen LogP contribution in [0.5, 0.6) is 11.5 Å². The van der Waals surface area contributed by atoms with Gasteiger partial charge < -0.3 is 14.8 Å². The van der Waals surface area contributed by atoms with Gasteiger partial charge in [0.15, 0.2) is 0 Å². The first-order valence-corrected chi connectivity index (χ1v) is 6.77. The number of ether oxygens (including phenoxy) is 2. The molecule has 0 spiro atoms. The molecule has 4 nitrogen and oxygen atoms in total. The van der Waals surface area contributed by atoms with Crippen LogP contribution < -0.4 is 14.8 Å². The molecule has 0 bridgehead atoms. The zero-order chi connectivity index (χ0) is 15.2. The van der Waals surface area contributed by atoms with Gasteiger partial charge in [0.05, 0.1) is 26.3 Å². The molecule has 2 rings (SSSR count). The second kappa shape index (κ2) is 6.99. The summed E-state index contributed by atoms with van der Waals surface area (Å²) >= 11 is 5.80. The fraction of sp³-hybridized carbons (Fsp3) is 0.188. The number of carbonyl (C=O) groups excluding carboxylic acids is 1. The van der Waals surface area contributed by atoms with Crippen molar-refractivity contribution in [3.8, 4) is 11.5 Å². The van der Waals surface area contributed by atoms with Gasteiger partial charge in [-0.1, -0.05) is 17.7 Å². The lowest BCUT2D eigenvalue weighted by Crippen LogP contribution is -2.23. The highest BCUT2D eigenvalue weighted by Crippen LogP contribution is 2.27. The Kier molecular flexibility index (Phi) is 5.06. The van der Waals surface area contributed by atoms with Crippen LogP contribution in [0.4, 0.5) is 0 Å². The summed E-state index contributed by atoms with van der Waals surface area (Å²) in [5.74, 6) is 1.16. The van der Waals surface area contributed by atoms with Gasteiger partial charge >= 0.3 is 0 Å². The van der Waals surface area contributed by atoms with Crippen LogP contribution >= 0.6 is 11.6 Å². The summed E-state index contributed by atoms with van der Waals surface area (Å²) in [6, 6.07) is 12.2. The predicted molar refractivity (Wildman–Crippen MR) is 82.2 cm³/mol. The van der Waals surface area contributed by atoms with Crippen molar-refractivity contribution in [1.82, 2.24) is 5.32 Å². The van der Waals surface area contributed by atoms with E-state index in [0.29, 0.717) is 28.6 Å². The molecule has 0 fully saturated rings. The van der Waals surface area contributed by atoms with E-state index < -0.39 is 0 Å². The summed E-state index contributed by atoms with van der Waals surface area (Å²) in [5.41, 5.74) is 1.35. The van der Waals surface area contributed by atoms with Gasteiger partial charge in [0.1, 0.15) is 11.5 Å². The Balaban J connectivity index is 2.12. The van der Waals surface area contributed by atoms with Gasteiger partial charge in [-0.15, -0.1) is 0 Å². The SMILES string of the molecule is COc1cccc(OC)c1CNC(=O)c1ccc(Cl)cc1. The molecule has 0 radical (unpaired) electrons. The van der Waals surface area contributed by atoms with Gasteiger partial charge in [0, 0.05) is 10.6 Å². The van der Waals surface area contributed by atoms with Crippen molar-refractivity contribution in [3.63, 3.8) is 0 Å². The van der Waals surface area contributed by atoms with Crippen LogP contribution in [0.2, 0.25) is 5.02 Å². The fourth-order valence-electron chi connectivity index (χ4n) is 1.97. The fourth-order valence-corrected chi connectivity index (χ4v) is 2.10. The molecule has 5 heteroatoms. The van der Waals surface area contributed by atoms with Crippen molar-refractivity contribution < 1.29 is 14.3 Å². The first-order valence-electron chi connectivity index (χ1n) is 6.39. The lowest BCUT2D eigenvalue weighted by atomic mass is 10.1. The minimum absolute atomic E-state index is 0.181. The first-order chi connectivity index (χ1) is 10.2. The van der Waals surface area contributed by atoms with Crippen molar-refractivity contribution in [2.75, 3.05) is 14.2 Å². The lowest BCUT2D eigenvalue weighted by Gasteiger charge is -2.13. The molecule has 110 valence electrons. The third-order valence-electron chi connectivity index (χ3n) is 3.06. The molecule has 2 aromatic carbocycles.